The van der Waals surface area contributed by atoms with Crippen LogP contribution in [-0.2, 0) is 9.59 Å². The minimum Gasteiger partial charge on any atom is -0.369 e. The predicted molar refractivity (Wildman–Crippen MR) is 56.7 cm³/mol. The third kappa shape index (κ3) is 6.63. The highest BCUT2D eigenvalue weighted by Crippen LogP contribution is 2.12. The quantitative estimate of drug-likeness (QED) is 0.649. The number of carbonyl (C=O) groups excluding carboxylic acids is 2. The van der Waals surface area contributed by atoms with Crippen LogP contribution in [0.5, 0.6) is 0 Å². The van der Waals surface area contributed by atoms with Gasteiger partial charge in [-0.3, -0.25) is 9.59 Å². The summed E-state index contributed by atoms with van der Waals surface area (Å²) in [5.41, 5.74) is 4.57. The molecule has 82 valence electrons. The number of amides is 1. The second kappa shape index (κ2) is 5.78. The predicted octanol–water partition coefficient (Wildman–Crippen LogP) is 2.04. The van der Waals surface area contributed by atoms with Gasteiger partial charge in [0.2, 0.25) is 5.91 Å². The Morgan fingerprint density at radius 1 is 1.14 bits per heavy atom. The van der Waals surface area contributed by atoms with Crippen LogP contribution in [0.25, 0.3) is 0 Å². The molecule has 1 saturated carbocycles. The molecule has 1 rings (SSSR count). The second-order valence-corrected chi connectivity index (χ2v) is 4.71. The van der Waals surface area contributed by atoms with Crippen molar-refractivity contribution in [1.29, 1.82) is 0 Å². The van der Waals surface area contributed by atoms with Gasteiger partial charge in [-0.1, -0.05) is 27.2 Å². The van der Waals surface area contributed by atoms with Crippen molar-refractivity contribution < 1.29 is 9.59 Å². The molecule has 0 bridgehead atoms. The van der Waals surface area contributed by atoms with Gasteiger partial charge in [-0.25, -0.2) is 0 Å². The van der Waals surface area contributed by atoms with Crippen LogP contribution < -0.4 is 5.73 Å². The van der Waals surface area contributed by atoms with Crippen molar-refractivity contribution in [2.45, 2.75) is 52.9 Å². The van der Waals surface area contributed by atoms with Crippen LogP contribution in [-0.4, -0.2) is 11.7 Å². The molecule has 0 aromatic heterocycles. The third-order valence-corrected chi connectivity index (χ3v) is 2.15. The van der Waals surface area contributed by atoms with Crippen molar-refractivity contribution in [3.05, 3.63) is 0 Å². The first-order valence-electron chi connectivity index (χ1n) is 5.15. The first-order valence-corrected chi connectivity index (χ1v) is 5.15. The van der Waals surface area contributed by atoms with Gasteiger partial charge < -0.3 is 5.73 Å². The zero-order valence-electron chi connectivity index (χ0n) is 9.43. The second-order valence-electron chi connectivity index (χ2n) is 4.71. The summed E-state index contributed by atoms with van der Waals surface area (Å²) >= 11 is 0. The molecule has 0 aromatic rings. The molecular formula is C11H21NO2. The summed E-state index contributed by atoms with van der Waals surface area (Å²) in [6.45, 7) is 5.36. The Balaban J connectivity index is 0.000000241. The molecule has 1 fully saturated rings. The highest BCUT2D eigenvalue weighted by Gasteiger charge is 2.16. The Morgan fingerprint density at radius 3 is 1.64 bits per heavy atom. The SMILES string of the molecule is CC(C)(C)C(N)=O.O=C1CCCCC1. The minimum atomic E-state index is -0.361. The van der Waals surface area contributed by atoms with Crippen molar-refractivity contribution in [3.8, 4) is 0 Å². The van der Waals surface area contributed by atoms with E-state index in [2.05, 4.69) is 0 Å². The van der Waals surface area contributed by atoms with E-state index in [1.807, 2.05) is 0 Å². The zero-order valence-corrected chi connectivity index (χ0v) is 9.43. The fraction of sp³-hybridized carbons (Fsp3) is 0.818. The van der Waals surface area contributed by atoms with E-state index in [-0.39, 0.29) is 11.3 Å². The van der Waals surface area contributed by atoms with Crippen LogP contribution in [0.4, 0.5) is 0 Å². The summed E-state index contributed by atoms with van der Waals surface area (Å²) in [6, 6.07) is 0. The molecule has 0 spiro atoms. The van der Waals surface area contributed by atoms with Crippen molar-refractivity contribution >= 4 is 11.7 Å². The first kappa shape index (κ1) is 13.1. The number of carbonyl (C=O) groups is 2. The maximum Gasteiger partial charge on any atom is 0.222 e. The lowest BCUT2D eigenvalue weighted by molar-refractivity contribution is -0.125. The number of Topliss-reactive ketones (excluding diaryl/α,β-unsaturated/α-hetero) is 1. The van der Waals surface area contributed by atoms with E-state index < -0.39 is 0 Å². The molecule has 1 amide bonds. The van der Waals surface area contributed by atoms with Gasteiger partial charge >= 0.3 is 0 Å². The highest BCUT2D eigenvalue weighted by molar-refractivity contribution is 5.79. The lowest BCUT2D eigenvalue weighted by atomic mass is 9.96. The molecule has 0 saturated heterocycles. The normalized spacial score (nSPS) is 16.9. The van der Waals surface area contributed by atoms with Crippen molar-refractivity contribution in [2.24, 2.45) is 11.1 Å². The lowest BCUT2D eigenvalue weighted by Gasteiger charge is -2.10. The standard InChI is InChI=1S/C6H10O.C5H11NO/c7-6-4-2-1-3-5-6;1-5(2,3)4(6)7/h1-5H2;1-3H3,(H2,6,7). The highest BCUT2D eigenvalue weighted by atomic mass is 16.1. The van der Waals surface area contributed by atoms with Crippen molar-refractivity contribution in [1.82, 2.24) is 0 Å². The van der Waals surface area contributed by atoms with Gasteiger partial charge in [-0.15, -0.1) is 0 Å². The summed E-state index contributed by atoms with van der Waals surface area (Å²) in [7, 11) is 0. The van der Waals surface area contributed by atoms with Crippen LogP contribution in [0.2, 0.25) is 0 Å². The maximum atomic E-state index is 10.5. The molecule has 0 radical (unpaired) electrons. The Hall–Kier alpha value is -0.860. The summed E-state index contributed by atoms with van der Waals surface area (Å²) in [5.74, 6) is 0.207. The van der Waals surface area contributed by atoms with Gasteiger partial charge in [0, 0.05) is 18.3 Å². The van der Waals surface area contributed by atoms with Gasteiger partial charge in [0.15, 0.2) is 0 Å². The van der Waals surface area contributed by atoms with Gasteiger partial charge in [-0.05, 0) is 12.8 Å². The Labute approximate surface area is 86.1 Å². The van der Waals surface area contributed by atoms with Gasteiger partial charge in [0.05, 0.1) is 0 Å². The van der Waals surface area contributed by atoms with E-state index in [4.69, 9.17) is 5.73 Å². The lowest BCUT2D eigenvalue weighted by Crippen LogP contribution is -2.27. The van der Waals surface area contributed by atoms with Crippen molar-refractivity contribution in [3.63, 3.8) is 0 Å². The van der Waals surface area contributed by atoms with Crippen LogP contribution >= 0.6 is 0 Å². The van der Waals surface area contributed by atoms with Crippen LogP contribution in [0.15, 0.2) is 0 Å². The summed E-state index contributed by atoms with van der Waals surface area (Å²) < 4.78 is 0. The van der Waals surface area contributed by atoms with E-state index in [1.54, 1.807) is 20.8 Å². The molecule has 0 heterocycles. The van der Waals surface area contributed by atoms with E-state index in [0.717, 1.165) is 25.7 Å². The molecule has 3 heteroatoms. The fourth-order valence-electron chi connectivity index (χ4n) is 0.946. The average molecular weight is 199 g/mol. The van der Waals surface area contributed by atoms with E-state index >= 15 is 0 Å². The van der Waals surface area contributed by atoms with E-state index in [0.29, 0.717) is 5.78 Å². The summed E-state index contributed by atoms with van der Waals surface area (Å²) in [4.78, 5) is 20.7. The first-order chi connectivity index (χ1) is 6.34. The van der Waals surface area contributed by atoms with Gasteiger partial charge in [0.25, 0.3) is 0 Å². The molecular weight excluding hydrogens is 178 g/mol. The number of primary amides is 1. The molecule has 1 aliphatic carbocycles. The molecule has 14 heavy (non-hydrogen) atoms. The monoisotopic (exact) mass is 199 g/mol. The molecule has 0 aliphatic heterocycles. The smallest absolute Gasteiger partial charge is 0.222 e. The third-order valence-electron chi connectivity index (χ3n) is 2.15. The molecule has 2 N–H and O–H groups in total. The van der Waals surface area contributed by atoms with E-state index in [9.17, 15) is 9.59 Å². The summed E-state index contributed by atoms with van der Waals surface area (Å²) in [6.07, 6.45) is 5.24. The Bertz CT molecular complexity index is 196. The molecule has 3 nitrogen and oxygen atoms in total. The van der Waals surface area contributed by atoms with E-state index in [1.165, 1.54) is 6.42 Å². The van der Waals surface area contributed by atoms with Crippen LogP contribution in [0.1, 0.15) is 52.9 Å². The van der Waals surface area contributed by atoms with Gasteiger partial charge in [0.1, 0.15) is 5.78 Å². The minimum absolute atomic E-state index is 0.257. The topological polar surface area (TPSA) is 60.2 Å². The number of nitrogens with two attached hydrogens (primary N) is 1. The van der Waals surface area contributed by atoms with Crippen LogP contribution in [0.3, 0.4) is 0 Å². The fourth-order valence-corrected chi connectivity index (χ4v) is 0.946. The zero-order chi connectivity index (χ0) is 11.2. The van der Waals surface area contributed by atoms with Crippen LogP contribution in [0, 0.1) is 5.41 Å². The molecule has 0 atom stereocenters. The number of hydrogen-bond donors (Lipinski definition) is 1. The van der Waals surface area contributed by atoms with Gasteiger partial charge in [-0.2, -0.15) is 0 Å². The van der Waals surface area contributed by atoms with Crippen molar-refractivity contribution in [2.75, 3.05) is 0 Å². The molecule has 0 unspecified atom stereocenters. The number of hydrogen-bond acceptors (Lipinski definition) is 2. The number of rotatable bonds is 0. The Morgan fingerprint density at radius 2 is 1.50 bits per heavy atom. The average Bonchev–Trinajstić information content (AvgIpc) is 2.04. The Kier molecular flexibility index (Phi) is 5.43. The maximum absolute atomic E-state index is 10.5. The molecule has 0 aromatic carbocycles. The number of ketones is 1. The summed E-state index contributed by atoms with van der Waals surface area (Å²) in [5, 5.41) is 0. The largest absolute Gasteiger partial charge is 0.369 e. The molecule has 1 aliphatic rings.